The van der Waals surface area contributed by atoms with Crippen LogP contribution in [0.3, 0.4) is 0 Å². The van der Waals surface area contributed by atoms with E-state index < -0.39 is 16.4 Å². The average molecular weight is 220 g/mol. The SMILES string of the molecule is CCOc1ccc(F)c([N+](=O)[O-])c1Cl. The predicted octanol–water partition coefficient (Wildman–Crippen LogP) is 2.79. The molecule has 0 aliphatic rings. The summed E-state index contributed by atoms with van der Waals surface area (Å²) in [6.07, 6.45) is 0. The highest BCUT2D eigenvalue weighted by molar-refractivity contribution is 6.34. The number of benzene rings is 1. The average Bonchev–Trinajstić information content (AvgIpc) is 2.10. The summed E-state index contributed by atoms with van der Waals surface area (Å²) < 4.78 is 17.9. The molecule has 6 heteroatoms. The van der Waals surface area contributed by atoms with Crippen molar-refractivity contribution in [3.05, 3.63) is 33.1 Å². The molecule has 0 fully saturated rings. The molecular weight excluding hydrogens is 213 g/mol. The first-order valence-electron chi connectivity index (χ1n) is 3.83. The third kappa shape index (κ3) is 1.93. The second-order valence-corrected chi connectivity index (χ2v) is 2.78. The van der Waals surface area contributed by atoms with Gasteiger partial charge in [-0.15, -0.1) is 0 Å². The van der Waals surface area contributed by atoms with Crippen molar-refractivity contribution in [3.8, 4) is 5.75 Å². The first kappa shape index (κ1) is 10.7. The lowest BCUT2D eigenvalue weighted by Gasteiger charge is -2.05. The van der Waals surface area contributed by atoms with Crippen LogP contribution in [-0.2, 0) is 0 Å². The zero-order valence-electron chi connectivity index (χ0n) is 7.29. The molecule has 0 atom stereocenters. The highest BCUT2D eigenvalue weighted by Gasteiger charge is 2.22. The summed E-state index contributed by atoms with van der Waals surface area (Å²) >= 11 is 5.58. The predicted molar refractivity (Wildman–Crippen MR) is 49.2 cm³/mol. The van der Waals surface area contributed by atoms with Crippen LogP contribution in [0.15, 0.2) is 12.1 Å². The molecule has 1 aromatic carbocycles. The Morgan fingerprint density at radius 1 is 1.64 bits per heavy atom. The molecule has 0 saturated heterocycles. The molecule has 0 spiro atoms. The second-order valence-electron chi connectivity index (χ2n) is 2.40. The van der Waals surface area contributed by atoms with Crippen molar-refractivity contribution in [2.45, 2.75) is 6.92 Å². The Morgan fingerprint density at radius 3 is 2.79 bits per heavy atom. The van der Waals surface area contributed by atoms with Crippen molar-refractivity contribution in [2.24, 2.45) is 0 Å². The van der Waals surface area contributed by atoms with Crippen LogP contribution in [0.4, 0.5) is 10.1 Å². The quantitative estimate of drug-likeness (QED) is 0.580. The van der Waals surface area contributed by atoms with E-state index in [1.165, 1.54) is 6.07 Å². The van der Waals surface area contributed by atoms with Crippen LogP contribution < -0.4 is 4.74 Å². The lowest BCUT2D eigenvalue weighted by molar-refractivity contribution is -0.387. The minimum absolute atomic E-state index is 0.113. The Hall–Kier alpha value is -1.36. The maximum atomic E-state index is 12.9. The molecule has 1 aromatic rings. The van der Waals surface area contributed by atoms with Gasteiger partial charge in [0, 0.05) is 0 Å². The fourth-order valence-corrected chi connectivity index (χ4v) is 1.23. The van der Waals surface area contributed by atoms with E-state index in [9.17, 15) is 14.5 Å². The van der Waals surface area contributed by atoms with Gasteiger partial charge in [0.2, 0.25) is 5.82 Å². The largest absolute Gasteiger partial charge is 0.492 e. The summed E-state index contributed by atoms with van der Waals surface area (Å²) in [6, 6.07) is 2.21. The molecule has 0 amide bonds. The van der Waals surface area contributed by atoms with Crippen molar-refractivity contribution in [1.29, 1.82) is 0 Å². The van der Waals surface area contributed by atoms with Crippen LogP contribution in [0.2, 0.25) is 5.02 Å². The van der Waals surface area contributed by atoms with Crippen LogP contribution in [0.25, 0.3) is 0 Å². The lowest BCUT2D eigenvalue weighted by Crippen LogP contribution is -1.98. The van der Waals surface area contributed by atoms with Gasteiger partial charge in [0.1, 0.15) is 5.75 Å². The molecule has 0 bridgehead atoms. The van der Waals surface area contributed by atoms with Gasteiger partial charge in [-0.05, 0) is 19.1 Å². The Balaban J connectivity index is 3.26. The zero-order chi connectivity index (χ0) is 10.7. The normalized spacial score (nSPS) is 9.93. The van der Waals surface area contributed by atoms with E-state index in [0.29, 0.717) is 6.61 Å². The molecule has 0 aromatic heterocycles. The van der Waals surface area contributed by atoms with Gasteiger partial charge in [-0.2, -0.15) is 4.39 Å². The first-order valence-corrected chi connectivity index (χ1v) is 4.21. The third-order valence-corrected chi connectivity index (χ3v) is 1.88. The van der Waals surface area contributed by atoms with Gasteiger partial charge >= 0.3 is 5.69 Å². The number of nitrogens with zero attached hydrogens (tertiary/aromatic N) is 1. The van der Waals surface area contributed by atoms with Gasteiger partial charge in [0.05, 0.1) is 11.5 Å². The zero-order valence-corrected chi connectivity index (χ0v) is 8.05. The molecule has 0 saturated carbocycles. The maximum Gasteiger partial charge on any atom is 0.327 e. The third-order valence-electron chi connectivity index (χ3n) is 1.51. The molecular formula is C8H7ClFNO3. The molecule has 4 nitrogen and oxygen atoms in total. The number of hydrogen-bond donors (Lipinski definition) is 0. The van der Waals surface area contributed by atoms with Gasteiger partial charge in [0.25, 0.3) is 0 Å². The molecule has 0 N–H and O–H groups in total. The molecule has 0 heterocycles. The van der Waals surface area contributed by atoms with Crippen LogP contribution in [0, 0.1) is 15.9 Å². The summed E-state index contributed by atoms with van der Waals surface area (Å²) in [5.41, 5.74) is -0.752. The smallest absolute Gasteiger partial charge is 0.327 e. The molecule has 14 heavy (non-hydrogen) atoms. The summed E-state index contributed by atoms with van der Waals surface area (Å²) in [6.45, 7) is 2.01. The summed E-state index contributed by atoms with van der Waals surface area (Å²) in [4.78, 5) is 9.55. The number of nitro groups is 1. The minimum Gasteiger partial charge on any atom is -0.492 e. The minimum atomic E-state index is -0.969. The molecule has 0 aliphatic heterocycles. The second kappa shape index (κ2) is 4.23. The van der Waals surface area contributed by atoms with E-state index >= 15 is 0 Å². The topological polar surface area (TPSA) is 52.4 Å². The van der Waals surface area contributed by atoms with E-state index in [-0.39, 0.29) is 10.8 Å². The summed E-state index contributed by atoms with van der Waals surface area (Å²) in [5.74, 6) is -0.856. The first-order chi connectivity index (χ1) is 6.57. The number of halogens is 2. The number of rotatable bonds is 3. The Morgan fingerprint density at radius 2 is 2.29 bits per heavy atom. The molecule has 1 rings (SSSR count). The number of ether oxygens (including phenoxy) is 1. The Kier molecular flexibility index (Phi) is 3.24. The van der Waals surface area contributed by atoms with E-state index in [0.717, 1.165) is 6.07 Å². The van der Waals surface area contributed by atoms with Crippen molar-refractivity contribution in [2.75, 3.05) is 6.61 Å². The fourth-order valence-electron chi connectivity index (χ4n) is 0.957. The summed E-state index contributed by atoms with van der Waals surface area (Å²) in [5, 5.41) is 10.1. The van der Waals surface area contributed by atoms with Gasteiger partial charge in [-0.3, -0.25) is 10.1 Å². The van der Waals surface area contributed by atoms with Crippen molar-refractivity contribution < 1.29 is 14.1 Å². The monoisotopic (exact) mass is 219 g/mol. The number of nitro benzene ring substituents is 1. The van der Waals surface area contributed by atoms with Crippen LogP contribution >= 0.6 is 11.6 Å². The fraction of sp³-hybridized carbons (Fsp3) is 0.250. The van der Waals surface area contributed by atoms with Gasteiger partial charge in [0.15, 0.2) is 5.02 Å². The van der Waals surface area contributed by atoms with Crippen molar-refractivity contribution in [1.82, 2.24) is 0 Å². The Labute approximate surface area is 84.4 Å². The van der Waals surface area contributed by atoms with Gasteiger partial charge in [-0.25, -0.2) is 0 Å². The highest BCUT2D eigenvalue weighted by atomic mass is 35.5. The Bertz CT molecular complexity index is 370. The van der Waals surface area contributed by atoms with Crippen LogP contribution in [0.5, 0.6) is 5.75 Å². The van der Waals surface area contributed by atoms with Gasteiger partial charge in [-0.1, -0.05) is 11.6 Å². The summed E-state index contributed by atoms with van der Waals surface area (Å²) in [7, 11) is 0. The van der Waals surface area contributed by atoms with E-state index in [1.54, 1.807) is 6.92 Å². The number of hydrogen-bond acceptors (Lipinski definition) is 3. The van der Waals surface area contributed by atoms with Crippen LogP contribution in [-0.4, -0.2) is 11.5 Å². The molecule has 0 aliphatic carbocycles. The van der Waals surface area contributed by atoms with E-state index in [2.05, 4.69) is 0 Å². The standard InChI is InChI=1S/C8H7ClFNO3/c1-2-14-6-4-3-5(10)8(7(6)9)11(12)13/h3-4H,2H2,1H3. The lowest BCUT2D eigenvalue weighted by atomic mass is 10.3. The molecule has 0 radical (unpaired) electrons. The maximum absolute atomic E-state index is 12.9. The highest BCUT2D eigenvalue weighted by Crippen LogP contribution is 2.35. The van der Waals surface area contributed by atoms with Crippen molar-refractivity contribution in [3.63, 3.8) is 0 Å². The van der Waals surface area contributed by atoms with E-state index in [4.69, 9.17) is 16.3 Å². The van der Waals surface area contributed by atoms with Crippen LogP contribution in [0.1, 0.15) is 6.92 Å². The van der Waals surface area contributed by atoms with Gasteiger partial charge < -0.3 is 4.74 Å². The van der Waals surface area contributed by atoms with Crippen molar-refractivity contribution >= 4 is 17.3 Å². The van der Waals surface area contributed by atoms with E-state index in [1.807, 2.05) is 0 Å². The molecule has 0 unspecified atom stereocenters. The molecule has 76 valence electrons.